The average Bonchev–Trinajstić information content (AvgIpc) is 2.65. The summed E-state index contributed by atoms with van der Waals surface area (Å²) >= 11 is 13.2. The van der Waals surface area contributed by atoms with Crippen molar-refractivity contribution in [3.05, 3.63) is 92.0 Å². The van der Waals surface area contributed by atoms with Crippen LogP contribution in [0.2, 0.25) is 10.0 Å². The highest BCUT2D eigenvalue weighted by atomic mass is 35.5. The Morgan fingerprint density at radius 1 is 1.04 bits per heavy atom. The smallest absolute Gasteiger partial charge is 0.283 e. The minimum Gasteiger partial charge on any atom is -0.489 e. The van der Waals surface area contributed by atoms with Crippen LogP contribution in [0.4, 0.5) is 5.69 Å². The van der Waals surface area contributed by atoms with Crippen molar-refractivity contribution in [3.63, 3.8) is 0 Å². The van der Waals surface area contributed by atoms with Gasteiger partial charge in [-0.1, -0.05) is 59.2 Å². The Kier molecular flexibility index (Phi) is 6.26. The molecule has 0 aliphatic rings. The fourth-order valence-electron chi connectivity index (χ4n) is 2.43. The predicted octanol–water partition coefficient (Wildman–Crippen LogP) is 6.94. The number of nitrogens with zero attached hydrogens (tertiary/aromatic N) is 1. The molecule has 138 valence electrons. The van der Waals surface area contributed by atoms with Gasteiger partial charge in [0.1, 0.15) is 12.4 Å². The van der Waals surface area contributed by atoms with Crippen molar-refractivity contribution in [2.24, 2.45) is 0 Å². The van der Waals surface area contributed by atoms with Gasteiger partial charge >= 0.3 is 0 Å². The summed E-state index contributed by atoms with van der Waals surface area (Å²) in [7, 11) is 0. The van der Waals surface area contributed by atoms with Crippen LogP contribution in [0.3, 0.4) is 0 Å². The van der Waals surface area contributed by atoms with Gasteiger partial charge in [-0.15, -0.1) is 0 Å². The first-order valence-corrected chi connectivity index (χ1v) is 9.60. The van der Waals surface area contributed by atoms with Gasteiger partial charge in [0.15, 0.2) is 0 Å². The summed E-state index contributed by atoms with van der Waals surface area (Å²) < 4.78 is 5.78. The Labute approximate surface area is 171 Å². The van der Waals surface area contributed by atoms with Gasteiger partial charge in [-0.2, -0.15) is 0 Å². The number of benzene rings is 3. The maximum absolute atomic E-state index is 11.5. The van der Waals surface area contributed by atoms with Crippen molar-refractivity contribution in [1.29, 1.82) is 0 Å². The fourth-order valence-corrected chi connectivity index (χ4v) is 3.73. The lowest BCUT2D eigenvalue weighted by atomic mass is 10.2. The summed E-state index contributed by atoms with van der Waals surface area (Å²) in [4.78, 5) is 12.4. The lowest BCUT2D eigenvalue weighted by molar-refractivity contribution is -0.387. The lowest BCUT2D eigenvalue weighted by Gasteiger charge is -2.10. The van der Waals surface area contributed by atoms with Gasteiger partial charge in [-0.25, -0.2) is 0 Å². The predicted molar refractivity (Wildman–Crippen MR) is 109 cm³/mol. The van der Waals surface area contributed by atoms with E-state index in [0.717, 1.165) is 21.8 Å². The van der Waals surface area contributed by atoms with E-state index < -0.39 is 4.92 Å². The Morgan fingerprint density at radius 2 is 1.81 bits per heavy atom. The highest BCUT2D eigenvalue weighted by Gasteiger charge is 2.16. The molecule has 7 heteroatoms. The third-order valence-corrected chi connectivity index (χ3v) is 5.62. The highest BCUT2D eigenvalue weighted by molar-refractivity contribution is 7.99. The molecule has 3 aromatic rings. The van der Waals surface area contributed by atoms with Crippen LogP contribution in [0.25, 0.3) is 0 Å². The molecule has 0 aliphatic heterocycles. The Hall–Kier alpha value is -2.21. The molecule has 3 rings (SSSR count). The molecule has 0 aromatic heterocycles. The van der Waals surface area contributed by atoms with E-state index in [1.165, 1.54) is 17.8 Å². The molecule has 27 heavy (non-hydrogen) atoms. The number of nitro groups is 1. The Bertz CT molecular complexity index is 995. The average molecular weight is 420 g/mol. The van der Waals surface area contributed by atoms with E-state index in [0.29, 0.717) is 14.9 Å². The maximum Gasteiger partial charge on any atom is 0.283 e. The minimum absolute atomic E-state index is 0.0250. The van der Waals surface area contributed by atoms with Crippen molar-refractivity contribution in [2.75, 3.05) is 0 Å². The molecular formula is C20H15Cl2NO3S. The van der Waals surface area contributed by atoms with Crippen LogP contribution in [0.5, 0.6) is 5.75 Å². The molecule has 0 fully saturated rings. The molecule has 0 heterocycles. The van der Waals surface area contributed by atoms with Crippen molar-refractivity contribution >= 4 is 40.7 Å². The Morgan fingerprint density at radius 3 is 2.52 bits per heavy atom. The largest absolute Gasteiger partial charge is 0.489 e. The monoisotopic (exact) mass is 419 g/mol. The van der Waals surface area contributed by atoms with Crippen molar-refractivity contribution < 1.29 is 9.66 Å². The van der Waals surface area contributed by atoms with Crippen molar-refractivity contribution in [3.8, 4) is 5.75 Å². The standard InChI is InChI=1S/C20H15Cl2NO3S/c1-13-4-2-3-5-19(13)26-12-14-6-9-20(18(10-14)23(24)25)27-15-7-8-16(21)17(22)11-15/h2-11H,12H2,1H3. The van der Waals surface area contributed by atoms with Gasteiger partial charge in [-0.05, 0) is 48.4 Å². The number of nitro benzene ring substituents is 1. The summed E-state index contributed by atoms with van der Waals surface area (Å²) in [6.07, 6.45) is 0. The van der Waals surface area contributed by atoms with Crippen LogP contribution >= 0.6 is 35.0 Å². The summed E-state index contributed by atoms with van der Waals surface area (Å²) in [6, 6.07) is 17.9. The number of hydrogen-bond donors (Lipinski definition) is 0. The number of hydrogen-bond acceptors (Lipinski definition) is 4. The van der Waals surface area contributed by atoms with Gasteiger partial charge in [0, 0.05) is 11.0 Å². The number of para-hydroxylation sites is 1. The molecule has 0 amide bonds. The van der Waals surface area contributed by atoms with Gasteiger partial charge in [0.05, 0.1) is 19.9 Å². The molecular weight excluding hydrogens is 405 g/mol. The van der Waals surface area contributed by atoms with Crippen LogP contribution in [-0.4, -0.2) is 4.92 Å². The van der Waals surface area contributed by atoms with E-state index in [4.69, 9.17) is 27.9 Å². The number of aryl methyl sites for hydroxylation is 1. The van der Waals surface area contributed by atoms with Crippen molar-refractivity contribution in [2.45, 2.75) is 23.3 Å². The number of halogens is 2. The van der Waals surface area contributed by atoms with Gasteiger partial charge in [-0.3, -0.25) is 10.1 Å². The molecule has 0 spiro atoms. The van der Waals surface area contributed by atoms with E-state index in [2.05, 4.69) is 0 Å². The zero-order valence-corrected chi connectivity index (χ0v) is 16.6. The first kappa shape index (κ1) is 19.5. The van der Waals surface area contributed by atoms with Crippen LogP contribution < -0.4 is 4.74 Å². The molecule has 0 N–H and O–H groups in total. The normalized spacial score (nSPS) is 10.6. The first-order chi connectivity index (χ1) is 12.9. The summed E-state index contributed by atoms with van der Waals surface area (Å²) in [6.45, 7) is 2.21. The number of ether oxygens (including phenoxy) is 1. The summed E-state index contributed by atoms with van der Waals surface area (Å²) in [5, 5.41) is 12.4. The van der Waals surface area contributed by atoms with Crippen LogP contribution in [-0.2, 0) is 6.61 Å². The zero-order chi connectivity index (χ0) is 19.4. The third-order valence-electron chi connectivity index (χ3n) is 3.83. The number of rotatable bonds is 6. The van der Waals surface area contributed by atoms with E-state index in [-0.39, 0.29) is 12.3 Å². The second-order valence-electron chi connectivity index (χ2n) is 5.79. The third kappa shape index (κ3) is 4.95. The SMILES string of the molecule is Cc1ccccc1OCc1ccc(Sc2ccc(Cl)c(Cl)c2)c([N+](=O)[O-])c1. The molecule has 0 radical (unpaired) electrons. The maximum atomic E-state index is 11.5. The second kappa shape index (κ2) is 8.65. The fraction of sp³-hybridized carbons (Fsp3) is 0.100. The molecule has 0 saturated heterocycles. The molecule has 0 aliphatic carbocycles. The first-order valence-electron chi connectivity index (χ1n) is 8.02. The van der Waals surface area contributed by atoms with E-state index in [1.54, 1.807) is 24.3 Å². The van der Waals surface area contributed by atoms with Gasteiger partial charge in [0.2, 0.25) is 0 Å². The minimum atomic E-state index is -0.392. The molecule has 0 unspecified atom stereocenters. The van der Waals surface area contributed by atoms with Crippen LogP contribution in [0, 0.1) is 17.0 Å². The van der Waals surface area contributed by atoms with Gasteiger partial charge in [0.25, 0.3) is 5.69 Å². The summed E-state index contributed by atoms with van der Waals surface area (Å²) in [5.41, 5.74) is 1.76. The Balaban J connectivity index is 1.81. The highest BCUT2D eigenvalue weighted by Crippen LogP contribution is 2.37. The van der Waals surface area contributed by atoms with E-state index in [9.17, 15) is 10.1 Å². The zero-order valence-electron chi connectivity index (χ0n) is 14.3. The molecule has 0 atom stereocenters. The quantitative estimate of drug-likeness (QED) is 0.320. The van der Waals surface area contributed by atoms with E-state index in [1.807, 2.05) is 37.3 Å². The topological polar surface area (TPSA) is 52.4 Å². The molecule has 4 nitrogen and oxygen atoms in total. The van der Waals surface area contributed by atoms with Crippen LogP contribution in [0.1, 0.15) is 11.1 Å². The van der Waals surface area contributed by atoms with Crippen LogP contribution in [0.15, 0.2) is 70.5 Å². The molecule has 0 bridgehead atoms. The molecule has 3 aromatic carbocycles. The second-order valence-corrected chi connectivity index (χ2v) is 7.72. The van der Waals surface area contributed by atoms with Gasteiger partial charge < -0.3 is 4.74 Å². The lowest BCUT2D eigenvalue weighted by Crippen LogP contribution is -1.99. The van der Waals surface area contributed by atoms with Crippen molar-refractivity contribution in [1.82, 2.24) is 0 Å². The van der Waals surface area contributed by atoms with E-state index >= 15 is 0 Å². The summed E-state index contributed by atoms with van der Waals surface area (Å²) in [5.74, 6) is 0.759. The molecule has 0 saturated carbocycles.